The average molecular weight is 280 g/mol. The Kier molecular flexibility index (Phi) is 3.81. The number of hydrogen-bond acceptors (Lipinski definition) is 3. The molecule has 0 fully saturated rings. The van der Waals surface area contributed by atoms with Gasteiger partial charge >= 0.3 is 0 Å². The fraction of sp³-hybridized carbons (Fsp3) is 0.214. The number of phenolic OH excluding ortho intramolecular Hbond substituents is 1. The summed E-state index contributed by atoms with van der Waals surface area (Å²) in [6.07, 6.45) is 0. The highest BCUT2D eigenvalue weighted by Crippen LogP contribution is 2.23. The van der Waals surface area contributed by atoms with Crippen molar-refractivity contribution >= 4 is 17.5 Å². The van der Waals surface area contributed by atoms with Crippen LogP contribution in [0, 0.1) is 6.92 Å². The predicted octanol–water partition coefficient (Wildman–Crippen LogP) is 3.44. The molecule has 1 atom stereocenters. The lowest BCUT2D eigenvalue weighted by molar-refractivity contribution is 0.0932. The topological polar surface area (TPSA) is 62.5 Å². The number of benzene rings is 1. The molecule has 1 amide bonds. The summed E-state index contributed by atoms with van der Waals surface area (Å²) in [6, 6.07) is 7.72. The number of hydrogen-bond donors (Lipinski definition) is 2. The number of furan rings is 1. The van der Waals surface area contributed by atoms with Crippen molar-refractivity contribution in [3.8, 4) is 5.75 Å². The molecule has 0 aliphatic carbocycles. The molecule has 4 nitrogen and oxygen atoms in total. The van der Waals surface area contributed by atoms with Gasteiger partial charge in [0, 0.05) is 5.02 Å². The van der Waals surface area contributed by atoms with Gasteiger partial charge in [-0.3, -0.25) is 4.79 Å². The zero-order valence-corrected chi connectivity index (χ0v) is 11.4. The maximum absolute atomic E-state index is 12.0. The van der Waals surface area contributed by atoms with Crippen LogP contribution in [0.1, 0.15) is 34.8 Å². The molecule has 1 heterocycles. The third kappa shape index (κ3) is 3.09. The highest BCUT2D eigenvalue weighted by Gasteiger charge is 2.16. The van der Waals surface area contributed by atoms with E-state index in [2.05, 4.69) is 5.32 Å². The van der Waals surface area contributed by atoms with Crippen LogP contribution in [-0.4, -0.2) is 11.0 Å². The second-order valence-electron chi connectivity index (χ2n) is 4.31. The standard InChI is InChI=1S/C14H14ClNO3/c1-8-3-6-13(19-8)9(2)16-14(18)11-5-4-10(15)7-12(11)17/h3-7,9,17H,1-2H3,(H,16,18). The molecule has 0 aliphatic heterocycles. The van der Waals surface area contributed by atoms with Crippen molar-refractivity contribution in [1.29, 1.82) is 0 Å². The first kappa shape index (κ1) is 13.5. The van der Waals surface area contributed by atoms with Crippen LogP contribution in [0.15, 0.2) is 34.7 Å². The Morgan fingerprint density at radius 1 is 1.37 bits per heavy atom. The monoisotopic (exact) mass is 279 g/mol. The van der Waals surface area contributed by atoms with Crippen LogP contribution in [0.5, 0.6) is 5.75 Å². The third-order valence-electron chi connectivity index (χ3n) is 2.74. The van der Waals surface area contributed by atoms with Crippen LogP contribution < -0.4 is 5.32 Å². The van der Waals surface area contributed by atoms with Gasteiger partial charge in [-0.05, 0) is 44.2 Å². The number of nitrogens with one attached hydrogen (secondary N) is 1. The number of carbonyl (C=O) groups is 1. The van der Waals surface area contributed by atoms with Crippen molar-refractivity contribution in [2.75, 3.05) is 0 Å². The first-order valence-electron chi connectivity index (χ1n) is 5.83. The molecule has 0 spiro atoms. The maximum Gasteiger partial charge on any atom is 0.255 e. The van der Waals surface area contributed by atoms with Crippen molar-refractivity contribution in [2.24, 2.45) is 0 Å². The number of aromatic hydroxyl groups is 1. The van der Waals surface area contributed by atoms with E-state index in [1.54, 1.807) is 6.07 Å². The molecular formula is C14H14ClNO3. The molecule has 5 heteroatoms. The third-order valence-corrected chi connectivity index (χ3v) is 2.98. The van der Waals surface area contributed by atoms with E-state index in [0.717, 1.165) is 5.76 Å². The van der Waals surface area contributed by atoms with E-state index in [9.17, 15) is 9.90 Å². The summed E-state index contributed by atoms with van der Waals surface area (Å²) in [7, 11) is 0. The lowest BCUT2D eigenvalue weighted by atomic mass is 10.1. The molecule has 1 unspecified atom stereocenters. The van der Waals surface area contributed by atoms with E-state index in [0.29, 0.717) is 10.8 Å². The first-order valence-corrected chi connectivity index (χ1v) is 6.21. The Bertz CT molecular complexity index is 606. The summed E-state index contributed by atoms with van der Waals surface area (Å²) < 4.78 is 5.43. The van der Waals surface area contributed by atoms with E-state index >= 15 is 0 Å². The molecule has 1 aromatic heterocycles. The van der Waals surface area contributed by atoms with Crippen LogP contribution in [0.4, 0.5) is 0 Å². The highest BCUT2D eigenvalue weighted by atomic mass is 35.5. The van der Waals surface area contributed by atoms with Crippen LogP contribution in [0.25, 0.3) is 0 Å². The Balaban J connectivity index is 2.12. The van der Waals surface area contributed by atoms with Crippen LogP contribution >= 0.6 is 11.6 Å². The largest absolute Gasteiger partial charge is 0.507 e. The van der Waals surface area contributed by atoms with Gasteiger partial charge in [0.25, 0.3) is 5.91 Å². The summed E-state index contributed by atoms with van der Waals surface area (Å²) in [5.74, 6) is 0.924. The smallest absolute Gasteiger partial charge is 0.255 e. The Morgan fingerprint density at radius 2 is 2.11 bits per heavy atom. The quantitative estimate of drug-likeness (QED) is 0.905. The van der Waals surface area contributed by atoms with Gasteiger partial charge < -0.3 is 14.8 Å². The van der Waals surface area contributed by atoms with Crippen molar-refractivity contribution < 1.29 is 14.3 Å². The Morgan fingerprint density at radius 3 is 2.68 bits per heavy atom. The molecule has 0 bridgehead atoms. The van der Waals surface area contributed by atoms with E-state index < -0.39 is 0 Å². The molecular weight excluding hydrogens is 266 g/mol. The molecule has 2 rings (SSSR count). The fourth-order valence-electron chi connectivity index (χ4n) is 1.73. The number of rotatable bonds is 3. The Labute approximate surface area is 116 Å². The minimum absolute atomic E-state index is 0.146. The summed E-state index contributed by atoms with van der Waals surface area (Å²) in [5, 5.41) is 12.8. The molecule has 19 heavy (non-hydrogen) atoms. The summed E-state index contributed by atoms with van der Waals surface area (Å²) in [5.41, 5.74) is 0.180. The predicted molar refractivity (Wildman–Crippen MR) is 72.4 cm³/mol. The minimum Gasteiger partial charge on any atom is -0.507 e. The number of carbonyl (C=O) groups excluding carboxylic acids is 1. The number of phenols is 1. The van der Waals surface area contributed by atoms with Gasteiger partial charge in [-0.1, -0.05) is 11.6 Å². The van der Waals surface area contributed by atoms with Gasteiger partial charge in [0.15, 0.2) is 0 Å². The highest BCUT2D eigenvalue weighted by molar-refractivity contribution is 6.30. The first-order chi connectivity index (χ1) is 8.97. The van der Waals surface area contributed by atoms with Crippen molar-refractivity contribution in [3.05, 3.63) is 52.4 Å². The molecule has 0 radical (unpaired) electrons. The Hall–Kier alpha value is -1.94. The summed E-state index contributed by atoms with van der Waals surface area (Å²) >= 11 is 5.72. The van der Waals surface area contributed by atoms with E-state index in [1.165, 1.54) is 12.1 Å². The van der Waals surface area contributed by atoms with Crippen LogP contribution in [-0.2, 0) is 0 Å². The van der Waals surface area contributed by atoms with Crippen molar-refractivity contribution in [2.45, 2.75) is 19.9 Å². The SMILES string of the molecule is Cc1ccc(C(C)NC(=O)c2ccc(Cl)cc2O)o1. The summed E-state index contributed by atoms with van der Waals surface area (Å²) in [4.78, 5) is 12.0. The second kappa shape index (κ2) is 5.36. The molecule has 0 saturated carbocycles. The van der Waals surface area contributed by atoms with Gasteiger partial charge in [-0.2, -0.15) is 0 Å². The lowest BCUT2D eigenvalue weighted by Crippen LogP contribution is -2.26. The summed E-state index contributed by atoms with van der Waals surface area (Å²) in [6.45, 7) is 3.65. The molecule has 2 aromatic rings. The number of halogens is 1. The molecule has 0 aliphatic rings. The van der Waals surface area contributed by atoms with Gasteiger partial charge in [0.2, 0.25) is 0 Å². The van der Waals surface area contributed by atoms with Gasteiger partial charge in [-0.15, -0.1) is 0 Å². The normalized spacial score (nSPS) is 12.2. The van der Waals surface area contributed by atoms with Gasteiger partial charge in [-0.25, -0.2) is 0 Å². The average Bonchev–Trinajstić information content (AvgIpc) is 2.75. The van der Waals surface area contributed by atoms with E-state index in [4.69, 9.17) is 16.0 Å². The molecule has 1 aromatic carbocycles. The van der Waals surface area contributed by atoms with Gasteiger partial charge in [0.05, 0.1) is 11.6 Å². The van der Waals surface area contributed by atoms with E-state index in [1.807, 2.05) is 26.0 Å². The number of amides is 1. The zero-order valence-electron chi connectivity index (χ0n) is 10.6. The van der Waals surface area contributed by atoms with Gasteiger partial charge in [0.1, 0.15) is 17.3 Å². The fourth-order valence-corrected chi connectivity index (χ4v) is 1.89. The number of aryl methyl sites for hydroxylation is 1. The van der Waals surface area contributed by atoms with Crippen molar-refractivity contribution in [1.82, 2.24) is 5.32 Å². The van der Waals surface area contributed by atoms with Crippen molar-refractivity contribution in [3.63, 3.8) is 0 Å². The lowest BCUT2D eigenvalue weighted by Gasteiger charge is -2.12. The van der Waals surface area contributed by atoms with Crippen LogP contribution in [0.2, 0.25) is 5.02 Å². The van der Waals surface area contributed by atoms with Crippen LogP contribution in [0.3, 0.4) is 0 Å². The minimum atomic E-state index is -0.379. The van der Waals surface area contributed by atoms with E-state index in [-0.39, 0.29) is 23.3 Å². The molecule has 100 valence electrons. The zero-order chi connectivity index (χ0) is 14.0. The second-order valence-corrected chi connectivity index (χ2v) is 4.74. The molecule has 0 saturated heterocycles. The maximum atomic E-state index is 12.0. The molecule has 2 N–H and O–H groups in total.